The van der Waals surface area contributed by atoms with E-state index in [0.29, 0.717) is 11.5 Å². The minimum atomic E-state index is -0.378. The Morgan fingerprint density at radius 2 is 1.74 bits per heavy atom. The fourth-order valence-corrected chi connectivity index (χ4v) is 2.55. The molecule has 0 amide bonds. The largest absolute Gasteiger partial charge is 0.306 e. The van der Waals surface area contributed by atoms with E-state index in [1.165, 1.54) is 0 Å². The van der Waals surface area contributed by atoms with E-state index in [2.05, 4.69) is 58.0 Å². The smallest absolute Gasteiger partial charge is 0.104 e. The van der Waals surface area contributed by atoms with Crippen LogP contribution in [0.3, 0.4) is 0 Å². The van der Waals surface area contributed by atoms with E-state index in [-0.39, 0.29) is 5.54 Å². The zero-order valence-corrected chi connectivity index (χ0v) is 14.0. The van der Waals surface area contributed by atoms with Gasteiger partial charge in [-0.3, -0.25) is 5.32 Å². The molecule has 0 aromatic carbocycles. The second kappa shape index (κ2) is 7.87. The first-order valence-corrected chi connectivity index (χ1v) is 7.45. The fourth-order valence-electron chi connectivity index (χ4n) is 2.55. The lowest BCUT2D eigenvalue weighted by molar-refractivity contribution is 0.221. The quantitative estimate of drug-likeness (QED) is 0.685. The molecule has 0 spiro atoms. The standard InChI is InChI=1S/C16H33N3/c1-14(2)18-16(6,12-17)10-8-9-11-19(7)13-15(3,4)5/h14,18H,8-11,13H2,1-7H3. The van der Waals surface area contributed by atoms with Gasteiger partial charge < -0.3 is 4.90 Å². The van der Waals surface area contributed by atoms with Gasteiger partial charge in [0.25, 0.3) is 0 Å². The molecule has 0 bridgehead atoms. The zero-order valence-electron chi connectivity index (χ0n) is 14.0. The van der Waals surface area contributed by atoms with Gasteiger partial charge in [0.2, 0.25) is 0 Å². The maximum absolute atomic E-state index is 9.27. The van der Waals surface area contributed by atoms with Crippen LogP contribution in [0.5, 0.6) is 0 Å². The van der Waals surface area contributed by atoms with Crippen molar-refractivity contribution in [3.05, 3.63) is 0 Å². The molecule has 0 saturated carbocycles. The van der Waals surface area contributed by atoms with Gasteiger partial charge in [-0.05, 0) is 59.0 Å². The van der Waals surface area contributed by atoms with E-state index >= 15 is 0 Å². The van der Waals surface area contributed by atoms with Crippen LogP contribution in [0.1, 0.15) is 60.8 Å². The van der Waals surface area contributed by atoms with Crippen LogP contribution in [0.15, 0.2) is 0 Å². The Morgan fingerprint density at radius 1 is 1.16 bits per heavy atom. The van der Waals surface area contributed by atoms with Crippen LogP contribution >= 0.6 is 0 Å². The number of unbranched alkanes of at least 4 members (excludes halogenated alkanes) is 1. The van der Waals surface area contributed by atoms with Crippen molar-refractivity contribution in [2.75, 3.05) is 20.1 Å². The molecule has 0 aliphatic heterocycles. The summed E-state index contributed by atoms with van der Waals surface area (Å²) < 4.78 is 0. The summed E-state index contributed by atoms with van der Waals surface area (Å²) in [7, 11) is 2.18. The van der Waals surface area contributed by atoms with Crippen LogP contribution in [-0.4, -0.2) is 36.6 Å². The van der Waals surface area contributed by atoms with Gasteiger partial charge in [-0.2, -0.15) is 5.26 Å². The summed E-state index contributed by atoms with van der Waals surface area (Å²) in [6.07, 6.45) is 3.17. The van der Waals surface area contributed by atoms with Crippen LogP contribution < -0.4 is 5.32 Å². The molecule has 0 heterocycles. The predicted molar refractivity (Wildman–Crippen MR) is 83.1 cm³/mol. The molecular weight excluding hydrogens is 234 g/mol. The molecule has 1 N–H and O–H groups in total. The highest BCUT2D eigenvalue weighted by molar-refractivity contribution is 5.04. The van der Waals surface area contributed by atoms with Gasteiger partial charge in [0.1, 0.15) is 5.54 Å². The highest BCUT2D eigenvalue weighted by Crippen LogP contribution is 2.16. The maximum Gasteiger partial charge on any atom is 0.104 e. The van der Waals surface area contributed by atoms with Crippen molar-refractivity contribution in [3.8, 4) is 6.07 Å². The third kappa shape index (κ3) is 9.92. The van der Waals surface area contributed by atoms with Crippen molar-refractivity contribution < 1.29 is 0 Å². The normalized spacial score (nSPS) is 15.6. The second-order valence-corrected chi connectivity index (χ2v) is 7.50. The average Bonchev–Trinajstić information content (AvgIpc) is 2.21. The lowest BCUT2D eigenvalue weighted by Gasteiger charge is -2.28. The molecule has 3 heteroatoms. The SMILES string of the molecule is CC(C)NC(C)(C#N)CCCCN(C)CC(C)(C)C. The lowest BCUT2D eigenvalue weighted by atomic mass is 9.94. The van der Waals surface area contributed by atoms with Crippen molar-refractivity contribution in [2.24, 2.45) is 5.41 Å². The summed E-state index contributed by atoms with van der Waals surface area (Å²) in [5.74, 6) is 0. The molecule has 1 unspecified atom stereocenters. The van der Waals surface area contributed by atoms with Crippen LogP contribution in [0.4, 0.5) is 0 Å². The van der Waals surface area contributed by atoms with Crippen molar-refractivity contribution in [2.45, 2.75) is 72.4 Å². The topological polar surface area (TPSA) is 39.1 Å². The molecule has 0 aliphatic rings. The number of nitrogens with zero attached hydrogens (tertiary/aromatic N) is 2. The minimum absolute atomic E-state index is 0.355. The van der Waals surface area contributed by atoms with E-state index < -0.39 is 0 Å². The summed E-state index contributed by atoms with van der Waals surface area (Å²) in [6, 6.07) is 2.77. The van der Waals surface area contributed by atoms with Crippen LogP contribution in [0.2, 0.25) is 0 Å². The van der Waals surface area contributed by atoms with Gasteiger partial charge in [-0.1, -0.05) is 20.8 Å². The first-order chi connectivity index (χ1) is 8.58. The second-order valence-electron chi connectivity index (χ2n) is 7.50. The fraction of sp³-hybridized carbons (Fsp3) is 0.938. The molecule has 1 atom stereocenters. The van der Waals surface area contributed by atoms with Crippen molar-refractivity contribution >= 4 is 0 Å². The first kappa shape index (κ1) is 18.4. The molecule has 112 valence electrons. The Hall–Kier alpha value is -0.590. The highest BCUT2D eigenvalue weighted by atomic mass is 15.1. The van der Waals surface area contributed by atoms with Crippen LogP contribution in [0, 0.1) is 16.7 Å². The maximum atomic E-state index is 9.27. The minimum Gasteiger partial charge on any atom is -0.306 e. The zero-order chi connectivity index (χ0) is 15.1. The van der Waals surface area contributed by atoms with E-state index in [4.69, 9.17) is 0 Å². The first-order valence-electron chi connectivity index (χ1n) is 7.45. The van der Waals surface area contributed by atoms with Gasteiger partial charge >= 0.3 is 0 Å². The monoisotopic (exact) mass is 267 g/mol. The predicted octanol–water partition coefficient (Wildman–Crippen LogP) is 3.41. The van der Waals surface area contributed by atoms with Gasteiger partial charge in [-0.25, -0.2) is 0 Å². The lowest BCUT2D eigenvalue weighted by Crippen LogP contribution is -2.45. The molecule has 0 aliphatic carbocycles. The summed E-state index contributed by atoms with van der Waals surface area (Å²) in [5.41, 5.74) is -0.0219. The number of rotatable bonds is 8. The Labute approximate surface area is 120 Å². The molecule has 3 nitrogen and oxygen atoms in total. The molecule has 0 aromatic heterocycles. The van der Waals surface area contributed by atoms with Gasteiger partial charge in [-0.15, -0.1) is 0 Å². The summed E-state index contributed by atoms with van der Waals surface area (Å²) in [4.78, 5) is 2.39. The number of hydrogen-bond acceptors (Lipinski definition) is 3. The Morgan fingerprint density at radius 3 is 2.16 bits per heavy atom. The third-order valence-corrected chi connectivity index (χ3v) is 3.06. The van der Waals surface area contributed by atoms with Crippen LogP contribution in [0.25, 0.3) is 0 Å². The molecule has 0 radical (unpaired) electrons. The molecule has 0 saturated heterocycles. The summed E-state index contributed by atoms with van der Waals surface area (Å²) >= 11 is 0. The van der Waals surface area contributed by atoms with Gasteiger partial charge in [0.15, 0.2) is 0 Å². The molecule has 0 fully saturated rings. The number of nitriles is 1. The van der Waals surface area contributed by atoms with E-state index in [1.807, 2.05) is 6.92 Å². The summed E-state index contributed by atoms with van der Waals surface area (Å²) in [5, 5.41) is 12.6. The van der Waals surface area contributed by atoms with Crippen molar-refractivity contribution in [1.82, 2.24) is 10.2 Å². The van der Waals surface area contributed by atoms with E-state index in [9.17, 15) is 5.26 Å². The Bertz CT molecular complexity index is 285. The average molecular weight is 267 g/mol. The van der Waals surface area contributed by atoms with Crippen molar-refractivity contribution in [3.63, 3.8) is 0 Å². The highest BCUT2D eigenvalue weighted by Gasteiger charge is 2.23. The number of nitrogens with one attached hydrogen (secondary N) is 1. The van der Waals surface area contributed by atoms with E-state index in [0.717, 1.165) is 32.4 Å². The van der Waals surface area contributed by atoms with Crippen LogP contribution in [-0.2, 0) is 0 Å². The third-order valence-electron chi connectivity index (χ3n) is 3.06. The Kier molecular flexibility index (Phi) is 7.62. The van der Waals surface area contributed by atoms with E-state index in [1.54, 1.807) is 0 Å². The van der Waals surface area contributed by atoms with Crippen molar-refractivity contribution in [1.29, 1.82) is 5.26 Å². The van der Waals surface area contributed by atoms with Gasteiger partial charge in [0.05, 0.1) is 6.07 Å². The van der Waals surface area contributed by atoms with Gasteiger partial charge in [0, 0.05) is 12.6 Å². The molecule has 0 aromatic rings. The summed E-state index contributed by atoms with van der Waals surface area (Å²) in [6.45, 7) is 15.2. The molecular formula is C16H33N3. The Balaban J connectivity index is 3.93. The molecule has 19 heavy (non-hydrogen) atoms. The number of hydrogen-bond donors (Lipinski definition) is 1. The molecule has 0 rings (SSSR count).